The van der Waals surface area contributed by atoms with Crippen LogP contribution in [-0.2, 0) is 6.54 Å². The first-order chi connectivity index (χ1) is 11.1. The van der Waals surface area contributed by atoms with Crippen LogP contribution < -0.4 is 5.32 Å². The minimum atomic E-state index is 0.535. The number of hydrogen-bond acceptors (Lipinski definition) is 3. The van der Waals surface area contributed by atoms with E-state index in [1.807, 2.05) is 21.0 Å². The van der Waals surface area contributed by atoms with Gasteiger partial charge in [0, 0.05) is 26.0 Å². The third kappa shape index (κ3) is 5.36. The third-order valence-electron chi connectivity index (χ3n) is 3.87. The Labute approximate surface area is 143 Å². The van der Waals surface area contributed by atoms with Crippen molar-refractivity contribution in [3.63, 3.8) is 0 Å². The molecule has 1 aromatic heterocycles. The van der Waals surface area contributed by atoms with Crippen LogP contribution >= 0.6 is 11.3 Å². The van der Waals surface area contributed by atoms with E-state index in [9.17, 15) is 0 Å². The molecule has 0 aliphatic rings. The lowest BCUT2D eigenvalue weighted by Gasteiger charge is -2.22. The van der Waals surface area contributed by atoms with Gasteiger partial charge in [0.1, 0.15) is 0 Å². The van der Waals surface area contributed by atoms with Crippen molar-refractivity contribution in [3.05, 3.63) is 52.0 Å². The molecule has 1 N–H and O–H groups in total. The summed E-state index contributed by atoms with van der Waals surface area (Å²) in [6.45, 7) is 5.98. The Bertz CT molecular complexity index is 621. The molecule has 124 valence electrons. The van der Waals surface area contributed by atoms with E-state index in [0.29, 0.717) is 5.92 Å². The number of aryl methyl sites for hydroxylation is 1. The number of rotatable bonds is 6. The fourth-order valence-corrected chi connectivity index (χ4v) is 3.14. The Morgan fingerprint density at radius 3 is 2.70 bits per heavy atom. The van der Waals surface area contributed by atoms with Gasteiger partial charge in [-0.25, -0.2) is 4.98 Å². The lowest BCUT2D eigenvalue weighted by Crippen LogP contribution is -2.39. The average molecular weight is 331 g/mol. The van der Waals surface area contributed by atoms with E-state index in [0.717, 1.165) is 36.2 Å². The molecule has 1 heterocycles. The maximum atomic E-state index is 4.51. The van der Waals surface area contributed by atoms with Gasteiger partial charge in [-0.2, -0.15) is 0 Å². The standard InChI is InChI=1S/C18H26N4S/c1-14(16-8-6-5-7-9-16)10-11-20-18(19-3)22(4)12-17-13-23-15(2)21-17/h5-9,13-14H,10-12H2,1-4H3,(H,19,20). The molecule has 0 saturated carbocycles. The summed E-state index contributed by atoms with van der Waals surface area (Å²) >= 11 is 1.69. The summed E-state index contributed by atoms with van der Waals surface area (Å²) < 4.78 is 0. The zero-order valence-corrected chi connectivity index (χ0v) is 15.2. The molecule has 1 aromatic carbocycles. The van der Waals surface area contributed by atoms with Crippen LogP contribution in [-0.4, -0.2) is 36.5 Å². The van der Waals surface area contributed by atoms with Crippen LogP contribution in [0.2, 0.25) is 0 Å². The van der Waals surface area contributed by atoms with E-state index in [1.165, 1.54) is 5.56 Å². The molecule has 0 fully saturated rings. The van der Waals surface area contributed by atoms with Crippen molar-refractivity contribution < 1.29 is 0 Å². The number of nitrogens with zero attached hydrogens (tertiary/aromatic N) is 3. The molecule has 0 amide bonds. The minimum Gasteiger partial charge on any atom is -0.356 e. The predicted molar refractivity (Wildman–Crippen MR) is 99.2 cm³/mol. The molecule has 4 nitrogen and oxygen atoms in total. The van der Waals surface area contributed by atoms with Crippen LogP contribution in [0.5, 0.6) is 0 Å². The van der Waals surface area contributed by atoms with Crippen molar-refractivity contribution in [2.45, 2.75) is 32.7 Å². The summed E-state index contributed by atoms with van der Waals surface area (Å²) in [5.41, 5.74) is 2.48. The molecule has 1 atom stereocenters. The highest BCUT2D eigenvalue weighted by molar-refractivity contribution is 7.09. The van der Waals surface area contributed by atoms with Gasteiger partial charge < -0.3 is 10.2 Å². The number of hydrogen-bond donors (Lipinski definition) is 1. The minimum absolute atomic E-state index is 0.535. The normalized spacial score (nSPS) is 13.0. The van der Waals surface area contributed by atoms with Gasteiger partial charge >= 0.3 is 0 Å². The fraction of sp³-hybridized carbons (Fsp3) is 0.444. The Hall–Kier alpha value is -1.88. The Morgan fingerprint density at radius 1 is 1.35 bits per heavy atom. The second-order valence-electron chi connectivity index (χ2n) is 5.79. The van der Waals surface area contributed by atoms with E-state index in [-0.39, 0.29) is 0 Å². The van der Waals surface area contributed by atoms with Crippen molar-refractivity contribution in [2.24, 2.45) is 4.99 Å². The van der Waals surface area contributed by atoms with E-state index in [4.69, 9.17) is 0 Å². The van der Waals surface area contributed by atoms with Crippen LogP contribution in [0, 0.1) is 6.92 Å². The van der Waals surface area contributed by atoms with Gasteiger partial charge in [-0.15, -0.1) is 11.3 Å². The second-order valence-corrected chi connectivity index (χ2v) is 6.85. The first-order valence-electron chi connectivity index (χ1n) is 7.98. The predicted octanol–water partition coefficient (Wildman–Crippen LogP) is 3.65. The number of nitrogens with one attached hydrogen (secondary N) is 1. The molecule has 5 heteroatoms. The molecule has 2 aromatic rings. The zero-order chi connectivity index (χ0) is 16.7. The summed E-state index contributed by atoms with van der Waals surface area (Å²) in [5.74, 6) is 1.45. The molecule has 2 rings (SSSR count). The molecule has 1 unspecified atom stereocenters. The first-order valence-corrected chi connectivity index (χ1v) is 8.86. The van der Waals surface area contributed by atoms with Crippen LogP contribution in [0.25, 0.3) is 0 Å². The monoisotopic (exact) mass is 330 g/mol. The van der Waals surface area contributed by atoms with Crippen LogP contribution in [0.1, 0.15) is 35.5 Å². The van der Waals surface area contributed by atoms with Crippen molar-refractivity contribution >= 4 is 17.3 Å². The lowest BCUT2D eigenvalue weighted by molar-refractivity contribution is 0.468. The highest BCUT2D eigenvalue weighted by Crippen LogP contribution is 2.17. The van der Waals surface area contributed by atoms with Crippen molar-refractivity contribution in [1.82, 2.24) is 15.2 Å². The maximum Gasteiger partial charge on any atom is 0.193 e. The third-order valence-corrected chi connectivity index (χ3v) is 4.69. The van der Waals surface area contributed by atoms with Crippen molar-refractivity contribution in [1.29, 1.82) is 0 Å². The van der Waals surface area contributed by atoms with E-state index in [1.54, 1.807) is 11.3 Å². The maximum absolute atomic E-state index is 4.51. The molecule has 0 aliphatic heterocycles. The van der Waals surface area contributed by atoms with Gasteiger partial charge in [0.15, 0.2) is 5.96 Å². The average Bonchev–Trinajstić information content (AvgIpc) is 2.97. The van der Waals surface area contributed by atoms with Gasteiger partial charge in [0.05, 0.1) is 17.2 Å². The Morgan fingerprint density at radius 2 is 2.09 bits per heavy atom. The summed E-state index contributed by atoms with van der Waals surface area (Å²) in [7, 11) is 3.87. The summed E-state index contributed by atoms with van der Waals surface area (Å²) in [6, 6.07) is 10.6. The first kappa shape index (κ1) is 17.5. The number of guanidine groups is 1. The molecule has 0 spiro atoms. The van der Waals surface area contributed by atoms with Gasteiger partial charge in [-0.1, -0.05) is 37.3 Å². The number of aliphatic imine (C=N–C) groups is 1. The number of benzene rings is 1. The molecule has 0 bridgehead atoms. The summed E-state index contributed by atoms with van der Waals surface area (Å²) in [6.07, 6.45) is 1.08. The van der Waals surface area contributed by atoms with Gasteiger partial charge in [-0.3, -0.25) is 4.99 Å². The van der Waals surface area contributed by atoms with E-state index < -0.39 is 0 Å². The molecule has 0 aliphatic carbocycles. The van der Waals surface area contributed by atoms with Crippen molar-refractivity contribution in [3.8, 4) is 0 Å². The molecular formula is C18H26N4S. The SMILES string of the molecule is CN=C(NCCC(C)c1ccccc1)N(C)Cc1csc(C)n1. The summed E-state index contributed by atoms with van der Waals surface area (Å²) in [4.78, 5) is 11.0. The van der Waals surface area contributed by atoms with Gasteiger partial charge in [0.2, 0.25) is 0 Å². The van der Waals surface area contributed by atoms with Crippen LogP contribution in [0.15, 0.2) is 40.7 Å². The highest BCUT2D eigenvalue weighted by atomic mass is 32.1. The molecule has 23 heavy (non-hydrogen) atoms. The van der Waals surface area contributed by atoms with E-state index >= 15 is 0 Å². The number of thiazole rings is 1. The van der Waals surface area contributed by atoms with Crippen LogP contribution in [0.4, 0.5) is 0 Å². The molecule has 0 radical (unpaired) electrons. The topological polar surface area (TPSA) is 40.5 Å². The highest BCUT2D eigenvalue weighted by Gasteiger charge is 2.10. The number of aromatic nitrogens is 1. The van der Waals surface area contributed by atoms with Crippen LogP contribution in [0.3, 0.4) is 0 Å². The largest absolute Gasteiger partial charge is 0.356 e. The lowest BCUT2D eigenvalue weighted by atomic mass is 9.98. The smallest absolute Gasteiger partial charge is 0.193 e. The fourth-order valence-electron chi connectivity index (χ4n) is 2.53. The molecule has 0 saturated heterocycles. The second kappa shape index (κ2) is 8.67. The Kier molecular flexibility index (Phi) is 6.59. The quantitative estimate of drug-likeness (QED) is 0.649. The van der Waals surface area contributed by atoms with Crippen molar-refractivity contribution in [2.75, 3.05) is 20.6 Å². The molecular weight excluding hydrogens is 304 g/mol. The Balaban J connectivity index is 1.80. The van der Waals surface area contributed by atoms with Gasteiger partial charge in [0.25, 0.3) is 0 Å². The zero-order valence-electron chi connectivity index (χ0n) is 14.4. The summed E-state index contributed by atoms with van der Waals surface area (Å²) in [5, 5.41) is 6.66. The van der Waals surface area contributed by atoms with Gasteiger partial charge in [-0.05, 0) is 24.8 Å². The van der Waals surface area contributed by atoms with E-state index in [2.05, 4.69) is 62.8 Å².